The van der Waals surface area contributed by atoms with Gasteiger partial charge in [-0.25, -0.2) is 4.39 Å². The zero-order chi connectivity index (χ0) is 12.6. The van der Waals surface area contributed by atoms with Crippen LogP contribution in [0.2, 0.25) is 8.67 Å². The molecule has 0 N–H and O–H groups in total. The second-order valence-electron chi connectivity index (χ2n) is 3.32. The van der Waals surface area contributed by atoms with E-state index in [1.807, 2.05) is 6.07 Å². The normalized spacial score (nSPS) is 12.8. The van der Waals surface area contributed by atoms with Gasteiger partial charge in [0.15, 0.2) is 0 Å². The molecule has 1 aromatic carbocycles. The zero-order valence-electron chi connectivity index (χ0n) is 8.18. The molecular formula is C11H5Br2Cl2FS. The van der Waals surface area contributed by atoms with Gasteiger partial charge >= 0.3 is 0 Å². The van der Waals surface area contributed by atoms with Crippen LogP contribution in [0.25, 0.3) is 0 Å². The van der Waals surface area contributed by atoms with Crippen molar-refractivity contribution in [1.82, 2.24) is 0 Å². The summed E-state index contributed by atoms with van der Waals surface area (Å²) in [7, 11) is 0. The molecule has 0 saturated carbocycles. The summed E-state index contributed by atoms with van der Waals surface area (Å²) in [5.74, 6) is -0.289. The highest BCUT2D eigenvalue weighted by atomic mass is 79.9. The Morgan fingerprint density at radius 1 is 1.24 bits per heavy atom. The van der Waals surface area contributed by atoms with Crippen LogP contribution in [0.5, 0.6) is 0 Å². The fourth-order valence-electron chi connectivity index (χ4n) is 1.38. The summed E-state index contributed by atoms with van der Waals surface area (Å²) >= 11 is 20.0. The molecule has 0 radical (unpaired) electrons. The van der Waals surface area contributed by atoms with Gasteiger partial charge in [-0.2, -0.15) is 0 Å². The van der Waals surface area contributed by atoms with Crippen molar-refractivity contribution in [3.8, 4) is 0 Å². The lowest BCUT2D eigenvalue weighted by Gasteiger charge is -2.10. The molecule has 0 bridgehead atoms. The lowest BCUT2D eigenvalue weighted by Crippen LogP contribution is -1.92. The maximum atomic E-state index is 13.1. The standard InChI is InChI=1S/C11H5Br2Cl2FS/c12-7-3-5(1-2-8(7)16)10(13)6-4-9(14)17-11(6)15/h1-4,10H. The highest BCUT2D eigenvalue weighted by Crippen LogP contribution is 2.42. The number of benzene rings is 1. The molecule has 0 nitrogen and oxygen atoms in total. The molecule has 0 amide bonds. The first kappa shape index (κ1) is 13.8. The molecule has 0 spiro atoms. The van der Waals surface area contributed by atoms with Gasteiger partial charge in [0, 0.05) is 5.56 Å². The SMILES string of the molecule is Fc1ccc(C(Br)c2cc(Cl)sc2Cl)cc1Br. The van der Waals surface area contributed by atoms with E-state index in [9.17, 15) is 4.39 Å². The van der Waals surface area contributed by atoms with Crippen molar-refractivity contribution in [1.29, 1.82) is 0 Å². The summed E-state index contributed by atoms with van der Waals surface area (Å²) in [4.78, 5) is -0.101. The van der Waals surface area contributed by atoms with Crippen LogP contribution < -0.4 is 0 Å². The van der Waals surface area contributed by atoms with Gasteiger partial charge in [-0.1, -0.05) is 45.2 Å². The van der Waals surface area contributed by atoms with Crippen LogP contribution in [0.15, 0.2) is 28.7 Å². The van der Waals surface area contributed by atoms with Gasteiger partial charge in [0.25, 0.3) is 0 Å². The first-order valence-electron chi connectivity index (χ1n) is 4.53. The van der Waals surface area contributed by atoms with E-state index < -0.39 is 0 Å². The van der Waals surface area contributed by atoms with E-state index in [1.165, 1.54) is 17.4 Å². The molecule has 1 heterocycles. The predicted octanol–water partition coefficient (Wildman–Crippen LogP) is 6.44. The van der Waals surface area contributed by atoms with Crippen molar-refractivity contribution in [3.05, 3.63) is 54.4 Å². The van der Waals surface area contributed by atoms with Gasteiger partial charge in [-0.3, -0.25) is 0 Å². The number of alkyl halides is 1. The third-order valence-electron chi connectivity index (χ3n) is 2.19. The minimum absolute atomic E-state index is 0.101. The minimum atomic E-state index is -0.289. The molecule has 6 heteroatoms. The van der Waals surface area contributed by atoms with Crippen molar-refractivity contribution in [3.63, 3.8) is 0 Å². The Hall–Kier alpha value is 0.390. The second-order valence-corrected chi connectivity index (χ2v) is 7.37. The minimum Gasteiger partial charge on any atom is -0.206 e. The molecule has 1 aromatic heterocycles. The molecule has 0 fully saturated rings. The molecule has 1 unspecified atom stereocenters. The van der Waals surface area contributed by atoms with Crippen LogP contribution in [-0.2, 0) is 0 Å². The summed E-state index contributed by atoms with van der Waals surface area (Å²) in [6.07, 6.45) is 0. The smallest absolute Gasteiger partial charge is 0.137 e. The Balaban J connectivity index is 2.40. The van der Waals surface area contributed by atoms with E-state index in [0.717, 1.165) is 11.1 Å². The average Bonchev–Trinajstić information content (AvgIpc) is 2.61. The van der Waals surface area contributed by atoms with Crippen molar-refractivity contribution in [2.75, 3.05) is 0 Å². The van der Waals surface area contributed by atoms with Crippen molar-refractivity contribution in [2.45, 2.75) is 4.83 Å². The van der Waals surface area contributed by atoms with E-state index in [1.54, 1.807) is 12.1 Å². The molecule has 0 aliphatic carbocycles. The highest BCUT2D eigenvalue weighted by Gasteiger charge is 2.17. The predicted molar refractivity (Wildman–Crippen MR) is 79.2 cm³/mol. The summed E-state index contributed by atoms with van der Waals surface area (Å²) in [5.41, 5.74) is 1.80. The van der Waals surface area contributed by atoms with Crippen LogP contribution >= 0.6 is 66.4 Å². The lowest BCUT2D eigenvalue weighted by atomic mass is 10.1. The molecule has 17 heavy (non-hydrogen) atoms. The van der Waals surface area contributed by atoms with E-state index in [4.69, 9.17) is 23.2 Å². The first-order chi connectivity index (χ1) is 7.99. The van der Waals surface area contributed by atoms with Gasteiger partial charge in [0.05, 0.1) is 18.0 Å². The molecule has 0 aliphatic rings. The van der Waals surface area contributed by atoms with Gasteiger partial charge in [0.2, 0.25) is 0 Å². The van der Waals surface area contributed by atoms with Crippen molar-refractivity contribution in [2.24, 2.45) is 0 Å². The third-order valence-corrected chi connectivity index (χ3v) is 5.34. The van der Waals surface area contributed by atoms with Gasteiger partial charge < -0.3 is 0 Å². The lowest BCUT2D eigenvalue weighted by molar-refractivity contribution is 0.620. The summed E-state index contributed by atoms with van der Waals surface area (Å²) in [6.45, 7) is 0. The second kappa shape index (κ2) is 5.57. The van der Waals surface area contributed by atoms with Crippen LogP contribution in [0.4, 0.5) is 4.39 Å². The molecule has 0 aliphatic heterocycles. The monoisotopic (exact) mass is 416 g/mol. The maximum Gasteiger partial charge on any atom is 0.137 e. The molecule has 2 aromatic rings. The summed E-state index contributed by atoms with van der Waals surface area (Å²) < 4.78 is 14.8. The zero-order valence-corrected chi connectivity index (χ0v) is 13.7. The third kappa shape index (κ3) is 3.04. The molecule has 0 saturated heterocycles. The quantitative estimate of drug-likeness (QED) is 0.492. The van der Waals surface area contributed by atoms with E-state index in [0.29, 0.717) is 13.1 Å². The van der Waals surface area contributed by atoms with E-state index >= 15 is 0 Å². The Kier molecular flexibility index (Phi) is 4.53. The number of thiophene rings is 1. The molecule has 90 valence electrons. The van der Waals surface area contributed by atoms with Crippen molar-refractivity contribution >= 4 is 66.4 Å². The van der Waals surface area contributed by atoms with Crippen LogP contribution in [0, 0.1) is 5.82 Å². The summed E-state index contributed by atoms with van der Waals surface area (Å²) in [6, 6.07) is 6.65. The highest BCUT2D eigenvalue weighted by molar-refractivity contribution is 9.10. The van der Waals surface area contributed by atoms with Gasteiger partial charge in [0.1, 0.15) is 5.82 Å². The van der Waals surface area contributed by atoms with Crippen LogP contribution in [-0.4, -0.2) is 0 Å². The number of halogens is 5. The fourth-order valence-corrected chi connectivity index (χ4v) is 4.23. The van der Waals surface area contributed by atoms with Crippen LogP contribution in [0.1, 0.15) is 16.0 Å². The Morgan fingerprint density at radius 3 is 2.47 bits per heavy atom. The fraction of sp³-hybridized carbons (Fsp3) is 0.0909. The molecule has 1 atom stereocenters. The van der Waals surface area contributed by atoms with Gasteiger partial charge in [-0.05, 0) is 39.7 Å². The molecule has 2 rings (SSSR count). The molecular weight excluding hydrogens is 414 g/mol. The largest absolute Gasteiger partial charge is 0.206 e. The number of hydrogen-bond acceptors (Lipinski definition) is 1. The van der Waals surface area contributed by atoms with E-state index in [-0.39, 0.29) is 10.6 Å². The topological polar surface area (TPSA) is 0 Å². The van der Waals surface area contributed by atoms with Gasteiger partial charge in [-0.15, -0.1) is 11.3 Å². The van der Waals surface area contributed by atoms with Crippen molar-refractivity contribution < 1.29 is 4.39 Å². The maximum absolute atomic E-state index is 13.1. The average molecular weight is 419 g/mol. The Bertz CT molecular complexity index is 556. The Labute approximate surface area is 129 Å². The van der Waals surface area contributed by atoms with Crippen LogP contribution in [0.3, 0.4) is 0 Å². The van der Waals surface area contributed by atoms with E-state index in [2.05, 4.69) is 31.9 Å². The number of rotatable bonds is 2. The summed E-state index contributed by atoms with van der Waals surface area (Å²) in [5, 5.41) is 0. The first-order valence-corrected chi connectivity index (χ1v) is 7.81. The Morgan fingerprint density at radius 2 is 1.94 bits per heavy atom. The number of hydrogen-bond donors (Lipinski definition) is 0.